The minimum Gasteiger partial charge on any atom is -0.331 e. The summed E-state index contributed by atoms with van der Waals surface area (Å²) in [5.41, 5.74) is 0.681. The maximum atomic E-state index is 11.5. The van der Waals surface area contributed by atoms with Gasteiger partial charge in [-0.3, -0.25) is 4.79 Å². The first-order valence-corrected chi connectivity index (χ1v) is 5.28. The lowest BCUT2D eigenvalue weighted by Gasteiger charge is -2.03. The molecule has 0 radical (unpaired) electrons. The van der Waals surface area contributed by atoms with Crippen molar-refractivity contribution in [3.05, 3.63) is 34.5 Å². The van der Waals surface area contributed by atoms with E-state index in [-0.39, 0.29) is 5.56 Å². The van der Waals surface area contributed by atoms with E-state index in [2.05, 4.69) is 21.9 Å². The van der Waals surface area contributed by atoms with E-state index >= 15 is 0 Å². The Morgan fingerprint density at radius 1 is 1.50 bits per heavy atom. The van der Waals surface area contributed by atoms with E-state index in [1.165, 1.54) is 6.07 Å². The largest absolute Gasteiger partial charge is 0.331 e. The van der Waals surface area contributed by atoms with Crippen molar-refractivity contribution < 1.29 is 0 Å². The molecule has 0 unspecified atom stereocenters. The Morgan fingerprint density at radius 2 is 2.31 bits per heavy atom. The van der Waals surface area contributed by atoms with Crippen LogP contribution in [0.15, 0.2) is 23.3 Å². The molecule has 0 saturated carbocycles. The lowest BCUT2D eigenvalue weighted by molar-refractivity contribution is 0.852. The second-order valence-corrected chi connectivity index (χ2v) is 3.70. The van der Waals surface area contributed by atoms with Crippen molar-refractivity contribution in [3.8, 4) is 11.6 Å². The molecule has 0 aromatic carbocycles. The molecule has 5 heteroatoms. The van der Waals surface area contributed by atoms with Crippen LogP contribution in [0.4, 0.5) is 0 Å². The summed E-state index contributed by atoms with van der Waals surface area (Å²) in [6.07, 6.45) is 5.28. The quantitative estimate of drug-likeness (QED) is 0.839. The minimum atomic E-state index is -0.128. The van der Waals surface area contributed by atoms with Gasteiger partial charge >= 0.3 is 0 Å². The summed E-state index contributed by atoms with van der Waals surface area (Å²) in [5.74, 6) is 1.21. The zero-order chi connectivity index (χ0) is 11.5. The van der Waals surface area contributed by atoms with Gasteiger partial charge in [-0.2, -0.15) is 0 Å². The Bertz CT molecular complexity index is 541. The zero-order valence-electron chi connectivity index (χ0n) is 9.40. The van der Waals surface area contributed by atoms with Gasteiger partial charge in [0.25, 0.3) is 5.56 Å². The predicted octanol–water partition coefficient (Wildman–Crippen LogP) is 1.12. The van der Waals surface area contributed by atoms with Crippen molar-refractivity contribution in [3.63, 3.8) is 0 Å². The summed E-state index contributed by atoms with van der Waals surface area (Å²) in [6, 6.07) is 1.54. The van der Waals surface area contributed by atoms with Gasteiger partial charge in [0.1, 0.15) is 0 Å². The molecule has 2 aromatic heterocycles. The fourth-order valence-corrected chi connectivity index (χ4v) is 1.59. The zero-order valence-corrected chi connectivity index (χ0v) is 9.40. The lowest BCUT2D eigenvalue weighted by atomic mass is 10.2. The van der Waals surface area contributed by atoms with Crippen LogP contribution in [0.2, 0.25) is 0 Å². The molecule has 0 bridgehead atoms. The van der Waals surface area contributed by atoms with Gasteiger partial charge in [0.15, 0.2) is 11.6 Å². The molecule has 2 heterocycles. The lowest BCUT2D eigenvalue weighted by Crippen LogP contribution is -2.12. The molecule has 0 spiro atoms. The molecule has 5 nitrogen and oxygen atoms in total. The third-order valence-electron chi connectivity index (χ3n) is 2.33. The maximum Gasteiger partial charge on any atom is 0.251 e. The molecule has 0 aliphatic heterocycles. The Labute approximate surface area is 93.2 Å². The molecule has 0 amide bonds. The van der Waals surface area contributed by atoms with Gasteiger partial charge in [0, 0.05) is 31.2 Å². The number of aryl methyl sites for hydroxylation is 2. The molecular formula is C11H14N4O. The highest BCUT2D eigenvalue weighted by Gasteiger charge is 2.07. The summed E-state index contributed by atoms with van der Waals surface area (Å²) in [5, 5.41) is 0. The average Bonchev–Trinajstić information content (AvgIpc) is 2.64. The third-order valence-corrected chi connectivity index (χ3v) is 2.33. The summed E-state index contributed by atoms with van der Waals surface area (Å²) in [4.78, 5) is 22.7. The Morgan fingerprint density at radius 3 is 2.94 bits per heavy atom. The van der Waals surface area contributed by atoms with E-state index in [0.29, 0.717) is 11.6 Å². The van der Waals surface area contributed by atoms with Gasteiger partial charge in [-0.1, -0.05) is 13.3 Å². The number of imidazole rings is 1. The number of aromatic amines is 1. The fraction of sp³-hybridized carbons (Fsp3) is 0.364. The number of rotatable bonds is 3. The van der Waals surface area contributed by atoms with Crippen LogP contribution in [0.3, 0.4) is 0 Å². The van der Waals surface area contributed by atoms with E-state index in [1.54, 1.807) is 6.20 Å². The first kappa shape index (κ1) is 10.6. The third kappa shape index (κ3) is 2.03. The number of hydrogen-bond donors (Lipinski definition) is 1. The Kier molecular flexibility index (Phi) is 2.85. The van der Waals surface area contributed by atoms with E-state index in [4.69, 9.17) is 0 Å². The second kappa shape index (κ2) is 4.30. The molecule has 0 fully saturated rings. The van der Waals surface area contributed by atoms with Gasteiger partial charge in [-0.05, 0) is 6.42 Å². The minimum absolute atomic E-state index is 0.128. The predicted molar refractivity (Wildman–Crippen MR) is 61.1 cm³/mol. The summed E-state index contributed by atoms with van der Waals surface area (Å²) < 4.78 is 1.83. The number of aromatic nitrogens is 4. The van der Waals surface area contributed by atoms with Crippen LogP contribution in [0.25, 0.3) is 11.6 Å². The summed E-state index contributed by atoms with van der Waals surface area (Å²) in [7, 11) is 1.87. The topological polar surface area (TPSA) is 63.6 Å². The van der Waals surface area contributed by atoms with E-state index in [1.807, 2.05) is 17.8 Å². The summed E-state index contributed by atoms with van der Waals surface area (Å²) >= 11 is 0. The molecule has 1 N–H and O–H groups in total. The summed E-state index contributed by atoms with van der Waals surface area (Å²) in [6.45, 7) is 2.06. The fourth-order valence-electron chi connectivity index (χ4n) is 1.59. The standard InChI is InChI=1S/C11H14N4O/c1-3-4-8-7-9(16)14-10(13-8)11-12-5-6-15(11)2/h5-7H,3-4H2,1-2H3,(H,13,14,16). The highest BCUT2D eigenvalue weighted by atomic mass is 16.1. The highest BCUT2D eigenvalue weighted by molar-refractivity contribution is 5.43. The first-order chi connectivity index (χ1) is 7.70. The van der Waals surface area contributed by atoms with E-state index in [0.717, 1.165) is 18.5 Å². The van der Waals surface area contributed by atoms with Gasteiger partial charge in [0.05, 0.1) is 0 Å². The van der Waals surface area contributed by atoms with Crippen LogP contribution < -0.4 is 5.56 Å². The Balaban J connectivity index is 2.49. The molecule has 16 heavy (non-hydrogen) atoms. The van der Waals surface area contributed by atoms with Crippen molar-refractivity contribution in [2.45, 2.75) is 19.8 Å². The number of H-pyrrole nitrogens is 1. The van der Waals surface area contributed by atoms with Gasteiger partial charge in [-0.15, -0.1) is 0 Å². The van der Waals surface area contributed by atoms with Crippen LogP contribution >= 0.6 is 0 Å². The molecule has 2 aromatic rings. The number of hydrogen-bond acceptors (Lipinski definition) is 3. The van der Waals surface area contributed by atoms with Crippen LogP contribution in [0.5, 0.6) is 0 Å². The first-order valence-electron chi connectivity index (χ1n) is 5.28. The van der Waals surface area contributed by atoms with Crippen molar-refractivity contribution >= 4 is 0 Å². The van der Waals surface area contributed by atoms with Gasteiger partial charge < -0.3 is 9.55 Å². The molecule has 0 saturated heterocycles. The molecule has 2 rings (SSSR count). The smallest absolute Gasteiger partial charge is 0.251 e. The van der Waals surface area contributed by atoms with Crippen LogP contribution in [0, 0.1) is 0 Å². The monoisotopic (exact) mass is 218 g/mol. The normalized spacial score (nSPS) is 10.6. The van der Waals surface area contributed by atoms with Gasteiger partial charge in [0.2, 0.25) is 0 Å². The van der Waals surface area contributed by atoms with Crippen molar-refractivity contribution in [1.29, 1.82) is 0 Å². The molecule has 84 valence electrons. The SMILES string of the molecule is CCCc1cc(=O)[nH]c(-c2nccn2C)n1. The maximum absolute atomic E-state index is 11.5. The molecule has 0 aliphatic rings. The molecule has 0 aliphatic carbocycles. The molecule has 0 atom stereocenters. The van der Waals surface area contributed by atoms with Crippen molar-refractivity contribution in [1.82, 2.24) is 19.5 Å². The van der Waals surface area contributed by atoms with E-state index < -0.39 is 0 Å². The second-order valence-electron chi connectivity index (χ2n) is 3.70. The van der Waals surface area contributed by atoms with Crippen LogP contribution in [-0.2, 0) is 13.5 Å². The highest BCUT2D eigenvalue weighted by Crippen LogP contribution is 2.10. The van der Waals surface area contributed by atoms with Crippen LogP contribution in [0.1, 0.15) is 19.0 Å². The van der Waals surface area contributed by atoms with E-state index in [9.17, 15) is 4.79 Å². The van der Waals surface area contributed by atoms with Crippen molar-refractivity contribution in [2.75, 3.05) is 0 Å². The van der Waals surface area contributed by atoms with Crippen molar-refractivity contribution in [2.24, 2.45) is 7.05 Å². The number of nitrogens with one attached hydrogen (secondary N) is 1. The average molecular weight is 218 g/mol. The molecular weight excluding hydrogens is 204 g/mol. The van der Waals surface area contributed by atoms with Gasteiger partial charge in [-0.25, -0.2) is 9.97 Å². The number of nitrogens with zero attached hydrogens (tertiary/aromatic N) is 3. The Hall–Kier alpha value is -1.91. The van der Waals surface area contributed by atoms with Crippen LogP contribution in [-0.4, -0.2) is 19.5 Å².